The van der Waals surface area contributed by atoms with Crippen LogP contribution in [0.25, 0.3) is 11.1 Å². The molecule has 1 unspecified atom stereocenters. The van der Waals surface area contributed by atoms with E-state index in [-0.39, 0.29) is 11.8 Å². The maximum absolute atomic E-state index is 12.8. The summed E-state index contributed by atoms with van der Waals surface area (Å²) in [5.41, 5.74) is 9.65. The average molecular weight is 389 g/mol. The Bertz CT molecular complexity index is 1010. The SMILES string of the molecule is COc1ccc(CC(=O)N2CCC(c3ncncc3-c3ccnc(N)c3)C2)cc1. The molecule has 0 aliphatic carbocycles. The minimum Gasteiger partial charge on any atom is -0.497 e. The van der Waals surface area contributed by atoms with E-state index >= 15 is 0 Å². The predicted octanol–water partition coefficient (Wildman–Crippen LogP) is 2.69. The van der Waals surface area contributed by atoms with Crippen molar-refractivity contribution < 1.29 is 9.53 Å². The molecule has 1 amide bonds. The average Bonchev–Trinajstić information content (AvgIpc) is 3.25. The highest BCUT2D eigenvalue weighted by molar-refractivity contribution is 5.79. The minimum atomic E-state index is 0.126. The van der Waals surface area contributed by atoms with Gasteiger partial charge in [0.25, 0.3) is 0 Å². The number of carbonyl (C=O) groups excluding carboxylic acids is 1. The van der Waals surface area contributed by atoms with Crippen molar-refractivity contribution in [1.82, 2.24) is 19.9 Å². The molecule has 0 spiro atoms. The number of methoxy groups -OCH3 is 1. The molecule has 1 aliphatic heterocycles. The summed E-state index contributed by atoms with van der Waals surface area (Å²) < 4.78 is 5.17. The largest absolute Gasteiger partial charge is 0.497 e. The minimum absolute atomic E-state index is 0.126. The Labute approximate surface area is 169 Å². The van der Waals surface area contributed by atoms with Crippen LogP contribution in [-0.2, 0) is 11.2 Å². The number of nitrogens with two attached hydrogens (primary N) is 1. The number of likely N-dealkylation sites (tertiary alicyclic amines) is 1. The van der Waals surface area contributed by atoms with Gasteiger partial charge in [-0.25, -0.2) is 15.0 Å². The van der Waals surface area contributed by atoms with Gasteiger partial charge in [-0.2, -0.15) is 0 Å². The zero-order chi connectivity index (χ0) is 20.2. The fourth-order valence-corrected chi connectivity index (χ4v) is 3.74. The van der Waals surface area contributed by atoms with Crippen LogP contribution in [0.3, 0.4) is 0 Å². The van der Waals surface area contributed by atoms with Crippen LogP contribution in [0.2, 0.25) is 0 Å². The molecule has 1 aromatic carbocycles. The number of benzene rings is 1. The molecular formula is C22H23N5O2. The summed E-state index contributed by atoms with van der Waals surface area (Å²) in [6, 6.07) is 11.3. The number of pyridine rings is 1. The number of ether oxygens (including phenoxy) is 1. The highest BCUT2D eigenvalue weighted by Crippen LogP contribution is 2.33. The van der Waals surface area contributed by atoms with Crippen molar-refractivity contribution in [3.8, 4) is 16.9 Å². The molecule has 3 heterocycles. The zero-order valence-corrected chi connectivity index (χ0v) is 16.3. The molecule has 0 radical (unpaired) electrons. The number of nitrogen functional groups attached to an aromatic ring is 1. The molecule has 2 N–H and O–H groups in total. The second-order valence-electron chi connectivity index (χ2n) is 7.14. The molecule has 0 saturated carbocycles. The summed E-state index contributed by atoms with van der Waals surface area (Å²) in [5.74, 6) is 1.54. The summed E-state index contributed by atoms with van der Waals surface area (Å²) in [6.45, 7) is 1.38. The van der Waals surface area contributed by atoms with E-state index in [0.29, 0.717) is 18.8 Å². The molecule has 4 rings (SSSR count). The fourth-order valence-electron chi connectivity index (χ4n) is 3.74. The van der Waals surface area contributed by atoms with Crippen molar-refractivity contribution in [3.05, 3.63) is 66.4 Å². The van der Waals surface area contributed by atoms with Crippen molar-refractivity contribution in [2.45, 2.75) is 18.8 Å². The van der Waals surface area contributed by atoms with Gasteiger partial charge in [-0.3, -0.25) is 4.79 Å². The third kappa shape index (κ3) is 4.18. The monoisotopic (exact) mass is 389 g/mol. The maximum Gasteiger partial charge on any atom is 0.227 e. The quantitative estimate of drug-likeness (QED) is 0.721. The first kappa shape index (κ1) is 18.9. The molecule has 3 aromatic rings. The number of carbonyl (C=O) groups is 1. The van der Waals surface area contributed by atoms with Crippen LogP contribution in [0, 0.1) is 0 Å². The molecule has 0 bridgehead atoms. The van der Waals surface area contributed by atoms with Crippen LogP contribution in [0.1, 0.15) is 23.6 Å². The zero-order valence-electron chi connectivity index (χ0n) is 16.3. The van der Waals surface area contributed by atoms with Gasteiger partial charge in [0.2, 0.25) is 5.91 Å². The molecule has 148 valence electrons. The third-order valence-corrected chi connectivity index (χ3v) is 5.28. The van der Waals surface area contributed by atoms with Crippen LogP contribution >= 0.6 is 0 Å². The Morgan fingerprint density at radius 2 is 2.07 bits per heavy atom. The number of hydrogen-bond donors (Lipinski definition) is 1. The van der Waals surface area contributed by atoms with E-state index in [0.717, 1.165) is 41.1 Å². The number of nitrogens with zero attached hydrogens (tertiary/aromatic N) is 4. The Morgan fingerprint density at radius 1 is 1.24 bits per heavy atom. The van der Waals surface area contributed by atoms with Gasteiger partial charge in [0, 0.05) is 37.0 Å². The molecule has 1 aliphatic rings. The van der Waals surface area contributed by atoms with Gasteiger partial charge in [-0.15, -0.1) is 0 Å². The van der Waals surface area contributed by atoms with Crippen LogP contribution in [-0.4, -0.2) is 46.0 Å². The standard InChI is InChI=1S/C22H23N5O2/c1-29-18-4-2-15(3-5-18)10-21(28)27-9-7-17(13-27)22-19(12-24-14-26-22)16-6-8-25-20(23)11-16/h2-6,8,11-12,14,17H,7,9-10,13H2,1H3,(H2,23,25). The highest BCUT2D eigenvalue weighted by atomic mass is 16.5. The normalized spacial score (nSPS) is 16.0. The van der Waals surface area contributed by atoms with E-state index in [2.05, 4.69) is 15.0 Å². The molecular weight excluding hydrogens is 366 g/mol. The van der Waals surface area contributed by atoms with E-state index in [1.54, 1.807) is 25.8 Å². The first-order valence-electron chi connectivity index (χ1n) is 9.56. The van der Waals surface area contributed by atoms with Crippen LogP contribution in [0.5, 0.6) is 5.75 Å². The lowest BCUT2D eigenvalue weighted by atomic mass is 9.96. The third-order valence-electron chi connectivity index (χ3n) is 5.28. The van der Waals surface area contributed by atoms with Gasteiger partial charge in [0.1, 0.15) is 17.9 Å². The topological polar surface area (TPSA) is 94.2 Å². The van der Waals surface area contributed by atoms with Gasteiger partial charge in [0.15, 0.2) is 0 Å². The van der Waals surface area contributed by atoms with Crippen molar-refractivity contribution in [3.63, 3.8) is 0 Å². The smallest absolute Gasteiger partial charge is 0.227 e. The van der Waals surface area contributed by atoms with Gasteiger partial charge in [-0.05, 0) is 41.8 Å². The molecule has 2 aromatic heterocycles. The summed E-state index contributed by atoms with van der Waals surface area (Å²) in [5, 5.41) is 0. The molecule has 1 atom stereocenters. The molecule has 7 heteroatoms. The lowest BCUT2D eigenvalue weighted by Gasteiger charge is -2.18. The Balaban J connectivity index is 1.48. The predicted molar refractivity (Wildman–Crippen MR) is 110 cm³/mol. The first-order chi connectivity index (χ1) is 14.1. The summed E-state index contributed by atoms with van der Waals surface area (Å²) >= 11 is 0. The van der Waals surface area contributed by atoms with Gasteiger partial charge < -0.3 is 15.4 Å². The number of anilines is 1. The Hall–Kier alpha value is -3.48. The second-order valence-corrected chi connectivity index (χ2v) is 7.14. The molecule has 7 nitrogen and oxygen atoms in total. The number of amides is 1. The Kier molecular flexibility index (Phi) is 5.37. The van der Waals surface area contributed by atoms with Gasteiger partial charge >= 0.3 is 0 Å². The highest BCUT2D eigenvalue weighted by Gasteiger charge is 2.30. The number of hydrogen-bond acceptors (Lipinski definition) is 6. The van der Waals surface area contributed by atoms with Crippen molar-refractivity contribution in [2.24, 2.45) is 0 Å². The van der Waals surface area contributed by atoms with Crippen LogP contribution < -0.4 is 10.5 Å². The van der Waals surface area contributed by atoms with Crippen LogP contribution in [0.15, 0.2) is 55.1 Å². The van der Waals surface area contributed by atoms with E-state index in [1.165, 1.54) is 0 Å². The van der Waals surface area contributed by atoms with Gasteiger partial charge in [-0.1, -0.05) is 12.1 Å². The lowest BCUT2D eigenvalue weighted by molar-refractivity contribution is -0.129. The Morgan fingerprint density at radius 3 is 2.83 bits per heavy atom. The van der Waals surface area contributed by atoms with E-state index < -0.39 is 0 Å². The van der Waals surface area contributed by atoms with E-state index in [9.17, 15) is 4.79 Å². The molecule has 1 fully saturated rings. The molecule has 1 saturated heterocycles. The summed E-state index contributed by atoms with van der Waals surface area (Å²) in [4.78, 5) is 27.5. The van der Waals surface area contributed by atoms with Crippen molar-refractivity contribution in [2.75, 3.05) is 25.9 Å². The summed E-state index contributed by atoms with van der Waals surface area (Å²) in [7, 11) is 1.63. The van der Waals surface area contributed by atoms with E-state index in [4.69, 9.17) is 10.5 Å². The first-order valence-corrected chi connectivity index (χ1v) is 9.56. The maximum atomic E-state index is 12.8. The van der Waals surface area contributed by atoms with Crippen LogP contribution in [0.4, 0.5) is 5.82 Å². The molecule has 29 heavy (non-hydrogen) atoms. The van der Waals surface area contributed by atoms with Crippen molar-refractivity contribution >= 4 is 11.7 Å². The van der Waals surface area contributed by atoms with Gasteiger partial charge in [0.05, 0.1) is 19.2 Å². The van der Waals surface area contributed by atoms with Crippen molar-refractivity contribution in [1.29, 1.82) is 0 Å². The van der Waals surface area contributed by atoms with E-state index in [1.807, 2.05) is 41.3 Å². The number of rotatable bonds is 5. The second kappa shape index (κ2) is 8.26. The number of aromatic nitrogens is 3. The summed E-state index contributed by atoms with van der Waals surface area (Å²) in [6.07, 6.45) is 6.30. The lowest BCUT2D eigenvalue weighted by Crippen LogP contribution is -2.30. The fraction of sp³-hybridized carbons (Fsp3) is 0.273.